The van der Waals surface area contributed by atoms with Gasteiger partial charge in [-0.15, -0.1) is 0 Å². The zero-order chi connectivity index (χ0) is 15.4. The molecule has 0 atom stereocenters. The summed E-state index contributed by atoms with van der Waals surface area (Å²) in [6.07, 6.45) is 0.769. The molecule has 0 amide bonds. The number of nitrogens with two attached hydrogens (primary N) is 1. The lowest BCUT2D eigenvalue weighted by Crippen LogP contribution is -1.96. The van der Waals surface area contributed by atoms with E-state index >= 15 is 0 Å². The smallest absolute Gasteiger partial charge is 0.0349 e. The monoisotopic (exact) mass is 285 g/mol. The average molecular weight is 285 g/mol. The first-order valence-electron chi connectivity index (χ1n) is 7.41. The van der Waals surface area contributed by atoms with Crippen LogP contribution in [0, 0.1) is 0 Å². The van der Waals surface area contributed by atoms with Crippen LogP contribution in [0.5, 0.6) is 0 Å². The van der Waals surface area contributed by atoms with Gasteiger partial charge >= 0.3 is 0 Å². The summed E-state index contributed by atoms with van der Waals surface area (Å²) in [5.41, 5.74) is 12.6. The van der Waals surface area contributed by atoms with Crippen molar-refractivity contribution in [3.05, 3.63) is 96.6 Å². The van der Waals surface area contributed by atoms with E-state index in [0.717, 1.165) is 28.8 Å². The third-order valence-electron chi connectivity index (χ3n) is 3.84. The van der Waals surface area contributed by atoms with Crippen LogP contribution in [-0.2, 0) is 6.42 Å². The van der Waals surface area contributed by atoms with Gasteiger partial charge < -0.3 is 5.73 Å². The highest BCUT2D eigenvalue weighted by Crippen LogP contribution is 2.26. The summed E-state index contributed by atoms with van der Waals surface area (Å²) >= 11 is 0. The first kappa shape index (κ1) is 14.2. The highest BCUT2D eigenvalue weighted by Gasteiger charge is 2.05. The maximum Gasteiger partial charge on any atom is 0.0349 e. The molecule has 0 aliphatic rings. The van der Waals surface area contributed by atoms with E-state index in [1.165, 1.54) is 11.1 Å². The Kier molecular flexibility index (Phi) is 4.06. The van der Waals surface area contributed by atoms with E-state index in [9.17, 15) is 0 Å². The van der Waals surface area contributed by atoms with E-state index in [1.54, 1.807) is 0 Å². The quantitative estimate of drug-likeness (QED) is 0.656. The van der Waals surface area contributed by atoms with Crippen molar-refractivity contribution in [2.45, 2.75) is 6.42 Å². The van der Waals surface area contributed by atoms with Gasteiger partial charge in [-0.05, 0) is 46.4 Å². The van der Waals surface area contributed by atoms with E-state index in [4.69, 9.17) is 5.73 Å². The van der Waals surface area contributed by atoms with E-state index < -0.39 is 0 Å². The summed E-state index contributed by atoms with van der Waals surface area (Å²) in [6.45, 7) is 4.24. The van der Waals surface area contributed by atoms with E-state index in [2.05, 4.69) is 61.2 Å². The highest BCUT2D eigenvalue weighted by molar-refractivity contribution is 5.73. The standard InChI is InChI=1S/C21H19N/c1-16(14-20-10-5-6-13-21(20)22)18-11-7-12-19(15-18)17-8-3-2-4-9-17/h2-13,15H,1,14,22H2. The summed E-state index contributed by atoms with van der Waals surface area (Å²) < 4.78 is 0. The Labute approximate surface area is 131 Å². The summed E-state index contributed by atoms with van der Waals surface area (Å²) in [6, 6.07) is 26.9. The van der Waals surface area contributed by atoms with Gasteiger partial charge in [0.2, 0.25) is 0 Å². The predicted molar refractivity (Wildman–Crippen MR) is 95.5 cm³/mol. The number of allylic oxidation sites excluding steroid dienone is 1. The van der Waals surface area contributed by atoms with Crippen LogP contribution in [0.15, 0.2) is 85.4 Å². The number of para-hydroxylation sites is 1. The van der Waals surface area contributed by atoms with Crippen LogP contribution in [0.25, 0.3) is 16.7 Å². The number of nitrogen functional groups attached to an aromatic ring is 1. The Morgan fingerprint density at radius 1 is 0.773 bits per heavy atom. The zero-order valence-electron chi connectivity index (χ0n) is 12.5. The van der Waals surface area contributed by atoms with Crippen LogP contribution in [0.4, 0.5) is 5.69 Å². The SMILES string of the molecule is C=C(Cc1ccccc1N)c1cccc(-c2ccccc2)c1. The van der Waals surface area contributed by atoms with Gasteiger partial charge in [0.05, 0.1) is 0 Å². The third kappa shape index (κ3) is 3.09. The van der Waals surface area contributed by atoms with Crippen molar-refractivity contribution >= 4 is 11.3 Å². The van der Waals surface area contributed by atoms with Crippen molar-refractivity contribution < 1.29 is 0 Å². The molecule has 2 N–H and O–H groups in total. The second-order valence-electron chi connectivity index (χ2n) is 5.43. The fraction of sp³-hybridized carbons (Fsp3) is 0.0476. The molecule has 3 rings (SSSR count). The fourth-order valence-corrected chi connectivity index (χ4v) is 2.58. The van der Waals surface area contributed by atoms with Crippen LogP contribution in [0.3, 0.4) is 0 Å². The first-order valence-corrected chi connectivity index (χ1v) is 7.41. The molecule has 0 unspecified atom stereocenters. The molecule has 1 nitrogen and oxygen atoms in total. The number of hydrogen-bond acceptors (Lipinski definition) is 1. The molecule has 1 heteroatoms. The van der Waals surface area contributed by atoms with Gasteiger partial charge in [-0.1, -0.05) is 73.3 Å². The molecule has 108 valence electrons. The predicted octanol–water partition coefficient (Wildman–Crippen LogP) is 5.19. The second-order valence-corrected chi connectivity index (χ2v) is 5.43. The van der Waals surface area contributed by atoms with Crippen molar-refractivity contribution in [3.63, 3.8) is 0 Å². The maximum atomic E-state index is 6.03. The molecule has 0 saturated carbocycles. The Hall–Kier alpha value is -2.80. The van der Waals surface area contributed by atoms with E-state index in [1.807, 2.05) is 24.3 Å². The van der Waals surface area contributed by atoms with E-state index in [-0.39, 0.29) is 0 Å². The van der Waals surface area contributed by atoms with Gasteiger partial charge in [-0.25, -0.2) is 0 Å². The molecule has 22 heavy (non-hydrogen) atoms. The highest BCUT2D eigenvalue weighted by atomic mass is 14.6. The summed E-state index contributed by atoms with van der Waals surface area (Å²) in [5.74, 6) is 0. The Bertz CT molecular complexity index is 788. The Morgan fingerprint density at radius 2 is 1.45 bits per heavy atom. The molecule has 0 fully saturated rings. The summed E-state index contributed by atoms with van der Waals surface area (Å²) in [5, 5.41) is 0. The van der Waals surface area contributed by atoms with Crippen LogP contribution in [0.1, 0.15) is 11.1 Å². The number of rotatable bonds is 4. The molecular formula is C21H19N. The van der Waals surface area contributed by atoms with E-state index in [0.29, 0.717) is 0 Å². The minimum absolute atomic E-state index is 0.769. The van der Waals surface area contributed by atoms with Gasteiger partial charge in [0.15, 0.2) is 0 Å². The minimum atomic E-state index is 0.769. The number of hydrogen-bond donors (Lipinski definition) is 1. The van der Waals surface area contributed by atoms with Crippen LogP contribution in [0.2, 0.25) is 0 Å². The fourth-order valence-electron chi connectivity index (χ4n) is 2.58. The van der Waals surface area contributed by atoms with Crippen molar-refractivity contribution in [3.8, 4) is 11.1 Å². The molecule has 0 saturated heterocycles. The molecule has 3 aromatic rings. The van der Waals surface area contributed by atoms with Gasteiger partial charge in [0.1, 0.15) is 0 Å². The zero-order valence-corrected chi connectivity index (χ0v) is 12.5. The van der Waals surface area contributed by atoms with Gasteiger partial charge in [-0.2, -0.15) is 0 Å². The Balaban J connectivity index is 1.86. The first-order chi connectivity index (χ1) is 10.7. The molecule has 0 aromatic heterocycles. The molecular weight excluding hydrogens is 266 g/mol. The van der Waals surface area contributed by atoms with Crippen LogP contribution >= 0.6 is 0 Å². The van der Waals surface area contributed by atoms with Crippen LogP contribution < -0.4 is 5.73 Å². The molecule has 0 aliphatic heterocycles. The molecule has 0 radical (unpaired) electrons. The van der Waals surface area contributed by atoms with Gasteiger partial charge in [0, 0.05) is 5.69 Å². The second kappa shape index (κ2) is 6.31. The average Bonchev–Trinajstić information content (AvgIpc) is 2.58. The van der Waals surface area contributed by atoms with Crippen molar-refractivity contribution in [2.24, 2.45) is 0 Å². The Morgan fingerprint density at radius 3 is 2.23 bits per heavy atom. The molecule has 3 aromatic carbocycles. The molecule has 0 heterocycles. The van der Waals surface area contributed by atoms with Crippen molar-refractivity contribution in [1.29, 1.82) is 0 Å². The molecule has 0 aliphatic carbocycles. The van der Waals surface area contributed by atoms with Crippen molar-refractivity contribution in [1.82, 2.24) is 0 Å². The van der Waals surface area contributed by atoms with Gasteiger partial charge in [0.25, 0.3) is 0 Å². The summed E-state index contributed by atoms with van der Waals surface area (Å²) in [7, 11) is 0. The lowest BCUT2D eigenvalue weighted by atomic mass is 9.95. The van der Waals surface area contributed by atoms with Gasteiger partial charge in [-0.3, -0.25) is 0 Å². The minimum Gasteiger partial charge on any atom is -0.398 e. The molecule has 0 bridgehead atoms. The lowest BCUT2D eigenvalue weighted by Gasteiger charge is -2.10. The normalized spacial score (nSPS) is 10.4. The van der Waals surface area contributed by atoms with Crippen LogP contribution in [-0.4, -0.2) is 0 Å². The third-order valence-corrected chi connectivity index (χ3v) is 3.84. The molecule has 0 spiro atoms. The number of anilines is 1. The maximum absolute atomic E-state index is 6.03. The topological polar surface area (TPSA) is 26.0 Å². The summed E-state index contributed by atoms with van der Waals surface area (Å²) in [4.78, 5) is 0. The van der Waals surface area contributed by atoms with Crippen molar-refractivity contribution in [2.75, 3.05) is 5.73 Å². The lowest BCUT2D eigenvalue weighted by molar-refractivity contribution is 1.29. The number of benzene rings is 3. The largest absolute Gasteiger partial charge is 0.398 e.